The van der Waals surface area contributed by atoms with Gasteiger partial charge in [-0.1, -0.05) is 109 Å². The SMILES string of the molecule is c1ccc(-c2cc(-c3ccccn3)nc(-c3ccc(-c4nc(-c5ccccc5)c5sc6ccccc6c5n4)cc3)n2)cc1. The lowest BCUT2D eigenvalue weighted by molar-refractivity contribution is 1.16. The van der Waals surface area contributed by atoms with E-state index < -0.39 is 0 Å². The quantitative estimate of drug-likeness (QED) is 0.207. The van der Waals surface area contributed by atoms with Gasteiger partial charge in [0.25, 0.3) is 0 Å². The van der Waals surface area contributed by atoms with Gasteiger partial charge in [-0.25, -0.2) is 19.9 Å². The van der Waals surface area contributed by atoms with Crippen LogP contribution in [0.15, 0.2) is 140 Å². The summed E-state index contributed by atoms with van der Waals surface area (Å²) in [7, 11) is 0. The molecule has 4 aromatic carbocycles. The number of thiophene rings is 1. The predicted molar refractivity (Wildman–Crippen MR) is 175 cm³/mol. The van der Waals surface area contributed by atoms with Gasteiger partial charge in [-0.3, -0.25) is 4.98 Å². The van der Waals surface area contributed by atoms with Crippen molar-refractivity contribution in [3.8, 4) is 56.7 Å². The molecule has 0 atom stereocenters. The highest BCUT2D eigenvalue weighted by Crippen LogP contribution is 2.39. The lowest BCUT2D eigenvalue weighted by Crippen LogP contribution is -1.97. The van der Waals surface area contributed by atoms with Crippen molar-refractivity contribution in [2.75, 3.05) is 0 Å². The van der Waals surface area contributed by atoms with Crippen molar-refractivity contribution in [3.05, 3.63) is 140 Å². The third-order valence-electron chi connectivity index (χ3n) is 7.39. The Morgan fingerprint density at radius 3 is 1.79 bits per heavy atom. The number of pyridine rings is 1. The van der Waals surface area contributed by atoms with Crippen molar-refractivity contribution in [3.63, 3.8) is 0 Å². The number of rotatable bonds is 5. The number of aromatic nitrogens is 5. The number of hydrogen-bond donors (Lipinski definition) is 0. The number of fused-ring (bicyclic) bond motifs is 3. The van der Waals surface area contributed by atoms with Crippen LogP contribution in [0.3, 0.4) is 0 Å². The molecular weight excluding hydrogens is 547 g/mol. The minimum Gasteiger partial charge on any atom is -0.255 e. The molecule has 4 heterocycles. The Morgan fingerprint density at radius 1 is 0.442 bits per heavy atom. The van der Waals surface area contributed by atoms with Gasteiger partial charge in [0.05, 0.1) is 33.0 Å². The molecule has 0 aliphatic heterocycles. The van der Waals surface area contributed by atoms with Crippen LogP contribution < -0.4 is 0 Å². The van der Waals surface area contributed by atoms with Crippen molar-refractivity contribution in [1.82, 2.24) is 24.9 Å². The molecule has 0 saturated heterocycles. The second-order valence-corrected chi connectivity index (χ2v) is 11.2. The maximum Gasteiger partial charge on any atom is 0.160 e. The normalized spacial score (nSPS) is 11.3. The highest BCUT2D eigenvalue weighted by Gasteiger charge is 2.17. The van der Waals surface area contributed by atoms with E-state index in [1.165, 1.54) is 4.70 Å². The minimum absolute atomic E-state index is 0.638. The van der Waals surface area contributed by atoms with Crippen LogP contribution in [0.2, 0.25) is 0 Å². The van der Waals surface area contributed by atoms with Crippen molar-refractivity contribution in [1.29, 1.82) is 0 Å². The zero-order valence-electron chi connectivity index (χ0n) is 22.9. The molecule has 8 aromatic rings. The third kappa shape index (κ3) is 4.74. The van der Waals surface area contributed by atoms with E-state index in [1.54, 1.807) is 17.5 Å². The van der Waals surface area contributed by atoms with Gasteiger partial charge in [0.15, 0.2) is 11.6 Å². The van der Waals surface area contributed by atoms with Gasteiger partial charge in [-0.05, 0) is 24.3 Å². The standard InChI is InChI=1S/C37H23N5S/c1-3-11-24(12-4-1)30-23-31(29-16-9-10-22-38-29)40-36(39-30)26-18-20-27(21-19-26)37-41-33(25-13-5-2-6-14-25)35-34(42-37)28-15-7-8-17-32(28)43-35/h1-23H. The molecule has 0 amide bonds. The van der Waals surface area contributed by atoms with Gasteiger partial charge in [-0.15, -0.1) is 11.3 Å². The van der Waals surface area contributed by atoms with E-state index in [0.29, 0.717) is 11.6 Å². The first kappa shape index (κ1) is 25.1. The van der Waals surface area contributed by atoms with E-state index in [-0.39, 0.29) is 0 Å². The van der Waals surface area contributed by atoms with E-state index in [9.17, 15) is 0 Å². The van der Waals surface area contributed by atoms with Crippen LogP contribution in [0.1, 0.15) is 0 Å². The van der Waals surface area contributed by atoms with Crippen molar-refractivity contribution in [2.24, 2.45) is 0 Å². The number of nitrogens with zero attached hydrogens (tertiary/aromatic N) is 5. The number of hydrogen-bond acceptors (Lipinski definition) is 6. The molecule has 0 unspecified atom stereocenters. The molecule has 0 radical (unpaired) electrons. The smallest absolute Gasteiger partial charge is 0.160 e. The van der Waals surface area contributed by atoms with Crippen LogP contribution in [-0.4, -0.2) is 24.9 Å². The summed E-state index contributed by atoms with van der Waals surface area (Å²) >= 11 is 1.74. The highest BCUT2D eigenvalue weighted by molar-refractivity contribution is 7.26. The lowest BCUT2D eigenvalue weighted by atomic mass is 10.1. The van der Waals surface area contributed by atoms with Crippen LogP contribution in [0.4, 0.5) is 0 Å². The second kappa shape index (κ2) is 10.7. The van der Waals surface area contributed by atoms with Crippen molar-refractivity contribution >= 4 is 31.6 Å². The first-order chi connectivity index (χ1) is 21.3. The van der Waals surface area contributed by atoms with Gasteiger partial charge in [-0.2, -0.15) is 0 Å². The summed E-state index contributed by atoms with van der Waals surface area (Å²) in [6.07, 6.45) is 1.78. The first-order valence-electron chi connectivity index (χ1n) is 14.0. The molecule has 0 saturated carbocycles. The summed E-state index contributed by atoms with van der Waals surface area (Å²) in [5, 5.41) is 1.15. The monoisotopic (exact) mass is 569 g/mol. The van der Waals surface area contributed by atoms with E-state index >= 15 is 0 Å². The predicted octanol–water partition coefficient (Wildman–Crippen LogP) is 9.36. The van der Waals surface area contributed by atoms with Crippen LogP contribution in [0.5, 0.6) is 0 Å². The zero-order chi connectivity index (χ0) is 28.6. The third-order valence-corrected chi connectivity index (χ3v) is 8.56. The molecule has 0 N–H and O–H groups in total. The van der Waals surface area contributed by atoms with Crippen LogP contribution in [0, 0.1) is 0 Å². The van der Waals surface area contributed by atoms with Gasteiger partial charge >= 0.3 is 0 Å². The fourth-order valence-corrected chi connectivity index (χ4v) is 6.41. The Labute approximate surface area is 252 Å². The largest absolute Gasteiger partial charge is 0.255 e. The molecule has 8 rings (SSSR count). The maximum absolute atomic E-state index is 5.11. The Bertz CT molecular complexity index is 2150. The topological polar surface area (TPSA) is 64.5 Å². The van der Waals surface area contributed by atoms with Gasteiger partial charge < -0.3 is 0 Å². The Kier molecular flexibility index (Phi) is 6.24. The van der Waals surface area contributed by atoms with Crippen LogP contribution in [0.25, 0.3) is 77.0 Å². The molecule has 0 aliphatic carbocycles. The Balaban J connectivity index is 1.25. The van der Waals surface area contributed by atoms with Crippen molar-refractivity contribution < 1.29 is 0 Å². The van der Waals surface area contributed by atoms with Crippen LogP contribution >= 0.6 is 11.3 Å². The summed E-state index contributed by atoms with van der Waals surface area (Å²) in [5.74, 6) is 1.33. The molecule has 0 spiro atoms. The van der Waals surface area contributed by atoms with Gasteiger partial charge in [0.1, 0.15) is 0 Å². The van der Waals surface area contributed by atoms with E-state index in [2.05, 4.69) is 65.6 Å². The maximum atomic E-state index is 5.11. The zero-order valence-corrected chi connectivity index (χ0v) is 23.7. The number of benzene rings is 4. The molecule has 202 valence electrons. The van der Waals surface area contributed by atoms with Gasteiger partial charge in [0, 0.05) is 38.5 Å². The molecule has 6 heteroatoms. The molecule has 5 nitrogen and oxygen atoms in total. The van der Waals surface area contributed by atoms with Gasteiger partial charge in [0.2, 0.25) is 0 Å². The van der Waals surface area contributed by atoms with Crippen LogP contribution in [-0.2, 0) is 0 Å². The Hall–Kier alpha value is -5.59. The second-order valence-electron chi connectivity index (χ2n) is 10.2. The summed E-state index contributed by atoms with van der Waals surface area (Å²) in [5.41, 5.74) is 8.30. The summed E-state index contributed by atoms with van der Waals surface area (Å²) < 4.78 is 2.30. The fraction of sp³-hybridized carbons (Fsp3) is 0. The lowest BCUT2D eigenvalue weighted by Gasteiger charge is -2.10. The molecular formula is C37H23N5S. The van der Waals surface area contributed by atoms with E-state index in [4.69, 9.17) is 19.9 Å². The summed E-state index contributed by atoms with van der Waals surface area (Å²) in [4.78, 5) is 24.6. The van der Waals surface area contributed by atoms with E-state index in [0.717, 1.165) is 60.6 Å². The molecule has 0 fully saturated rings. The molecule has 4 aromatic heterocycles. The Morgan fingerprint density at radius 2 is 1.07 bits per heavy atom. The highest BCUT2D eigenvalue weighted by atomic mass is 32.1. The average molecular weight is 570 g/mol. The molecule has 43 heavy (non-hydrogen) atoms. The molecule has 0 aliphatic rings. The first-order valence-corrected chi connectivity index (χ1v) is 14.8. The molecule has 0 bridgehead atoms. The average Bonchev–Trinajstić information content (AvgIpc) is 3.48. The minimum atomic E-state index is 0.638. The van der Waals surface area contributed by atoms with Crippen molar-refractivity contribution in [2.45, 2.75) is 0 Å². The van der Waals surface area contributed by atoms with E-state index in [1.807, 2.05) is 72.8 Å². The summed E-state index contributed by atoms with van der Waals surface area (Å²) in [6, 6.07) is 45.0. The fourth-order valence-electron chi connectivity index (χ4n) is 5.26. The summed E-state index contributed by atoms with van der Waals surface area (Å²) in [6.45, 7) is 0.